The fraction of sp³-hybridized carbons (Fsp3) is 0.423. The minimum Gasteiger partial charge on any atom is -0.474 e. The second-order valence-corrected chi connectivity index (χ2v) is 10.1. The summed E-state index contributed by atoms with van der Waals surface area (Å²) in [6, 6.07) is 3.87. The first-order valence-electron chi connectivity index (χ1n) is 12.3. The van der Waals surface area contributed by atoms with Crippen molar-refractivity contribution in [1.29, 1.82) is 0 Å². The Morgan fingerprint density at radius 3 is 2.78 bits per heavy atom. The number of hydrogen-bond acceptors (Lipinski definition) is 8. The molecule has 0 spiro atoms. The fourth-order valence-corrected chi connectivity index (χ4v) is 5.41. The zero-order chi connectivity index (χ0) is 25.1. The van der Waals surface area contributed by atoms with Crippen molar-refractivity contribution in [2.45, 2.75) is 32.9 Å². The number of nitrogens with two attached hydrogens (primary N) is 1. The van der Waals surface area contributed by atoms with Crippen LogP contribution in [0.15, 0.2) is 24.5 Å². The molecule has 1 aliphatic carbocycles. The van der Waals surface area contributed by atoms with Crippen LogP contribution in [-0.4, -0.2) is 59.3 Å². The highest BCUT2D eigenvalue weighted by molar-refractivity contribution is 5.99. The maximum atomic E-state index is 15.4. The Bertz CT molecular complexity index is 1370. The fourth-order valence-electron chi connectivity index (χ4n) is 5.41. The van der Waals surface area contributed by atoms with Crippen LogP contribution in [0.2, 0.25) is 0 Å². The van der Waals surface area contributed by atoms with E-state index in [1.807, 2.05) is 6.92 Å². The molecular formula is C26H29FN6O3. The number of halogens is 1. The maximum absolute atomic E-state index is 15.4. The van der Waals surface area contributed by atoms with E-state index in [2.05, 4.69) is 39.3 Å². The van der Waals surface area contributed by atoms with E-state index in [-0.39, 0.29) is 11.8 Å². The second kappa shape index (κ2) is 8.48. The molecule has 2 fully saturated rings. The number of pyridine rings is 2. The molecule has 0 radical (unpaired) electrons. The lowest BCUT2D eigenvalue weighted by molar-refractivity contribution is 0.121. The molecule has 1 saturated carbocycles. The number of carbonyl (C=O) groups is 1. The highest BCUT2D eigenvalue weighted by Gasteiger charge is 2.58. The van der Waals surface area contributed by atoms with Gasteiger partial charge in [-0.15, -0.1) is 0 Å². The molecule has 2 atom stereocenters. The molecule has 0 bridgehead atoms. The van der Waals surface area contributed by atoms with Crippen molar-refractivity contribution < 1.29 is 18.7 Å². The van der Waals surface area contributed by atoms with Gasteiger partial charge in [-0.1, -0.05) is 0 Å². The van der Waals surface area contributed by atoms with Gasteiger partial charge < -0.3 is 25.4 Å². The van der Waals surface area contributed by atoms with E-state index in [1.165, 1.54) is 6.20 Å². The number of rotatable bonds is 4. The number of fused-ring (bicyclic) bond motifs is 3. The molecule has 4 heterocycles. The van der Waals surface area contributed by atoms with Gasteiger partial charge in [0.05, 0.1) is 5.69 Å². The molecule has 1 amide bonds. The number of benzene rings is 1. The third-order valence-electron chi connectivity index (χ3n) is 7.58. The summed E-state index contributed by atoms with van der Waals surface area (Å²) in [5.41, 5.74) is 8.65. The van der Waals surface area contributed by atoms with E-state index in [9.17, 15) is 4.79 Å². The summed E-state index contributed by atoms with van der Waals surface area (Å²) >= 11 is 0. The van der Waals surface area contributed by atoms with Crippen molar-refractivity contribution in [3.63, 3.8) is 0 Å². The van der Waals surface area contributed by atoms with Gasteiger partial charge in [0.1, 0.15) is 24.2 Å². The van der Waals surface area contributed by atoms with E-state index in [0.717, 1.165) is 24.3 Å². The Labute approximate surface area is 208 Å². The summed E-state index contributed by atoms with van der Waals surface area (Å²) in [4.78, 5) is 23.6. The zero-order valence-corrected chi connectivity index (χ0v) is 20.5. The first-order chi connectivity index (χ1) is 17.3. The van der Waals surface area contributed by atoms with E-state index in [0.29, 0.717) is 64.6 Å². The van der Waals surface area contributed by atoms with Crippen LogP contribution >= 0.6 is 0 Å². The van der Waals surface area contributed by atoms with Crippen molar-refractivity contribution in [3.8, 4) is 17.0 Å². The summed E-state index contributed by atoms with van der Waals surface area (Å²) < 4.78 is 26.6. The Balaban J connectivity index is 1.24. The van der Waals surface area contributed by atoms with Gasteiger partial charge in [-0.05, 0) is 43.9 Å². The molecule has 2 aliphatic heterocycles. The van der Waals surface area contributed by atoms with E-state index in [4.69, 9.17) is 15.2 Å². The Kier molecular flexibility index (Phi) is 5.36. The lowest BCUT2D eigenvalue weighted by atomic mass is 9.97. The predicted molar refractivity (Wildman–Crippen MR) is 136 cm³/mol. The van der Waals surface area contributed by atoms with Crippen LogP contribution in [0, 0.1) is 24.6 Å². The molecule has 4 N–H and O–H groups in total. The molecule has 9 nitrogen and oxygen atoms in total. The topological polar surface area (TPSA) is 115 Å². The number of nitrogen functional groups attached to an aromatic ring is 1. The zero-order valence-electron chi connectivity index (χ0n) is 20.5. The lowest BCUT2D eigenvalue weighted by Gasteiger charge is -2.23. The summed E-state index contributed by atoms with van der Waals surface area (Å²) in [6.07, 6.45) is 2.48. The Morgan fingerprint density at radius 2 is 2.03 bits per heavy atom. The highest BCUT2D eigenvalue weighted by Crippen LogP contribution is 2.48. The van der Waals surface area contributed by atoms with Crippen LogP contribution in [-0.2, 0) is 4.74 Å². The molecule has 3 aliphatic rings. The van der Waals surface area contributed by atoms with Crippen molar-refractivity contribution in [2.24, 2.45) is 11.8 Å². The van der Waals surface area contributed by atoms with Crippen LogP contribution in [0.3, 0.4) is 0 Å². The third kappa shape index (κ3) is 3.76. The molecule has 10 heteroatoms. The maximum Gasteiger partial charge on any atom is 0.413 e. The smallest absolute Gasteiger partial charge is 0.413 e. The average Bonchev–Trinajstić information content (AvgIpc) is 3.28. The van der Waals surface area contributed by atoms with Gasteiger partial charge in [0, 0.05) is 66.4 Å². The third-order valence-corrected chi connectivity index (χ3v) is 7.58. The van der Waals surface area contributed by atoms with Crippen molar-refractivity contribution in [2.75, 3.05) is 42.6 Å². The van der Waals surface area contributed by atoms with Crippen molar-refractivity contribution >= 4 is 34.1 Å². The van der Waals surface area contributed by atoms with Gasteiger partial charge in [0.15, 0.2) is 5.82 Å². The summed E-state index contributed by atoms with van der Waals surface area (Å²) in [7, 11) is 0. The van der Waals surface area contributed by atoms with Gasteiger partial charge in [-0.3, -0.25) is 5.32 Å². The molecule has 188 valence electrons. The number of carbonyl (C=O) groups excluding carboxylic acids is 1. The molecular weight excluding hydrogens is 463 g/mol. The molecule has 3 aromatic rings. The van der Waals surface area contributed by atoms with E-state index < -0.39 is 11.9 Å². The summed E-state index contributed by atoms with van der Waals surface area (Å²) in [5.74, 6) is 1.08. The Hall–Kier alpha value is -3.66. The SMILES string of the molecule is Cc1c(-c2cc3cc(NC(=O)OC4C5CN(C(C)C)CC54)ncc3c(N)c2F)cnc2c1NCCO2. The summed E-state index contributed by atoms with van der Waals surface area (Å²) in [6.45, 7) is 9.34. The van der Waals surface area contributed by atoms with Gasteiger partial charge in [0.2, 0.25) is 5.88 Å². The molecule has 6 rings (SSSR count). The van der Waals surface area contributed by atoms with Crippen molar-refractivity contribution in [3.05, 3.63) is 35.9 Å². The van der Waals surface area contributed by atoms with Crippen molar-refractivity contribution in [1.82, 2.24) is 14.9 Å². The average molecular weight is 493 g/mol. The molecule has 1 saturated heterocycles. The molecule has 1 aromatic carbocycles. The second-order valence-electron chi connectivity index (χ2n) is 10.1. The number of hydrogen-bond donors (Lipinski definition) is 3. The number of anilines is 3. The first kappa shape index (κ1) is 22.8. The summed E-state index contributed by atoms with van der Waals surface area (Å²) in [5, 5.41) is 7.09. The number of nitrogens with one attached hydrogen (secondary N) is 2. The largest absolute Gasteiger partial charge is 0.474 e. The number of piperidine rings is 1. The van der Waals surface area contributed by atoms with Crippen LogP contribution in [0.4, 0.5) is 26.4 Å². The number of nitrogens with zero attached hydrogens (tertiary/aromatic N) is 3. The van der Waals surface area contributed by atoms with Gasteiger partial charge in [0.25, 0.3) is 0 Å². The number of ether oxygens (including phenoxy) is 2. The van der Waals surface area contributed by atoms with Crippen LogP contribution in [0.1, 0.15) is 19.4 Å². The van der Waals surface area contributed by atoms with Crippen LogP contribution in [0.25, 0.3) is 21.9 Å². The normalized spacial score (nSPS) is 22.5. The Morgan fingerprint density at radius 1 is 1.25 bits per heavy atom. The molecule has 2 aromatic heterocycles. The number of amides is 1. The lowest BCUT2D eigenvalue weighted by Crippen LogP contribution is -2.33. The van der Waals surface area contributed by atoms with Gasteiger partial charge >= 0.3 is 6.09 Å². The van der Waals surface area contributed by atoms with Gasteiger partial charge in [-0.2, -0.15) is 0 Å². The first-order valence-corrected chi connectivity index (χ1v) is 12.3. The predicted octanol–water partition coefficient (Wildman–Crippen LogP) is 4.02. The standard InChI is InChI=1S/C26H29FN6O3/c1-12(2)33-10-18-19(11-33)24(18)36-26(34)32-20-7-14-6-15(21(27)22(28)17(14)9-30-20)16-8-31-25-23(13(16)3)29-4-5-35-25/h6-9,12,18-19,24,29H,4-5,10-11,28H2,1-3H3,(H,30,32,34). The minimum absolute atomic E-state index is 0.00836. The quantitative estimate of drug-likeness (QED) is 0.468. The van der Waals surface area contributed by atoms with Crippen LogP contribution < -0.4 is 21.1 Å². The van der Waals surface area contributed by atoms with Crippen LogP contribution in [0.5, 0.6) is 5.88 Å². The number of aromatic nitrogens is 2. The van der Waals surface area contributed by atoms with E-state index in [1.54, 1.807) is 18.3 Å². The van der Waals surface area contributed by atoms with Gasteiger partial charge in [-0.25, -0.2) is 19.2 Å². The monoisotopic (exact) mass is 492 g/mol. The minimum atomic E-state index is -0.540. The molecule has 36 heavy (non-hydrogen) atoms. The van der Waals surface area contributed by atoms with E-state index >= 15 is 4.39 Å². The molecule has 2 unspecified atom stereocenters. The number of likely N-dealkylation sites (tertiary alicyclic amines) is 1. The highest BCUT2D eigenvalue weighted by atomic mass is 19.1.